The molecule has 2 N–H and O–H groups in total. The molecule has 2 aliphatic rings. The predicted octanol–water partition coefficient (Wildman–Crippen LogP) is 2.84. The summed E-state index contributed by atoms with van der Waals surface area (Å²) in [6, 6.07) is 6.58. The van der Waals surface area contributed by atoms with Gasteiger partial charge in [-0.15, -0.1) is 11.3 Å². The third-order valence-corrected chi connectivity index (χ3v) is 6.66. The number of hydrogen-bond donors (Lipinski definition) is 2. The normalized spacial score (nSPS) is 20.1. The van der Waals surface area contributed by atoms with Gasteiger partial charge in [-0.1, -0.05) is 13.8 Å². The van der Waals surface area contributed by atoms with Crippen molar-refractivity contribution >= 4 is 17.2 Å². The Morgan fingerprint density at radius 3 is 2.86 bits per heavy atom. The lowest BCUT2D eigenvalue weighted by Crippen LogP contribution is -2.43. The van der Waals surface area contributed by atoms with Crippen LogP contribution >= 0.6 is 11.3 Å². The van der Waals surface area contributed by atoms with Gasteiger partial charge in [0.2, 0.25) is 0 Å². The summed E-state index contributed by atoms with van der Waals surface area (Å²) in [7, 11) is 0. The van der Waals surface area contributed by atoms with Crippen molar-refractivity contribution in [2.45, 2.75) is 31.7 Å². The van der Waals surface area contributed by atoms with E-state index in [0.717, 1.165) is 15.6 Å². The molecular formula is C20H19N3O4S. The van der Waals surface area contributed by atoms with E-state index in [-0.39, 0.29) is 24.0 Å². The zero-order valence-corrected chi connectivity index (χ0v) is 16.2. The number of carbonyl (C=O) groups is 1. The Bertz CT molecular complexity index is 1100. The number of aromatic hydroxyl groups is 2. The summed E-state index contributed by atoms with van der Waals surface area (Å²) in [6.07, 6.45) is 3.68. The second kappa shape index (κ2) is 5.75. The van der Waals surface area contributed by atoms with Crippen molar-refractivity contribution in [2.75, 3.05) is 11.6 Å². The molecule has 0 fully saturated rings. The first kappa shape index (κ1) is 17.1. The maximum absolute atomic E-state index is 13.6. The van der Waals surface area contributed by atoms with E-state index in [0.29, 0.717) is 23.8 Å². The van der Waals surface area contributed by atoms with Crippen molar-refractivity contribution in [1.29, 1.82) is 0 Å². The van der Waals surface area contributed by atoms with Gasteiger partial charge in [0.1, 0.15) is 12.4 Å². The molecule has 28 heavy (non-hydrogen) atoms. The van der Waals surface area contributed by atoms with E-state index in [9.17, 15) is 15.0 Å². The van der Waals surface area contributed by atoms with Crippen LogP contribution in [0.2, 0.25) is 0 Å². The number of phenolic OH excluding ortho intramolecular Hbond substituents is 2. The van der Waals surface area contributed by atoms with Gasteiger partial charge in [-0.25, -0.2) is 9.99 Å². The molecule has 0 bridgehead atoms. The highest BCUT2D eigenvalue weighted by Crippen LogP contribution is 2.50. The van der Waals surface area contributed by atoms with Gasteiger partial charge >= 0.3 is 0 Å². The molecule has 0 radical (unpaired) electrons. The van der Waals surface area contributed by atoms with Crippen LogP contribution in [-0.2, 0) is 16.8 Å². The minimum atomic E-state index is -1.03. The quantitative estimate of drug-likeness (QED) is 0.664. The van der Waals surface area contributed by atoms with E-state index < -0.39 is 5.41 Å². The summed E-state index contributed by atoms with van der Waals surface area (Å²) < 4.78 is 7.61. The standard InChI is InChI=1S/C20H19N3O4S/c1-11(2)18-21-8-12(28-18)9-23-19(26)20(17-4-3-5-22(17)23)10-27-16-7-15(25)14(24)6-13(16)20/h3-8,11,24-25H,9-10H2,1-2H3. The summed E-state index contributed by atoms with van der Waals surface area (Å²) >= 11 is 1.61. The Morgan fingerprint density at radius 2 is 2.11 bits per heavy atom. The van der Waals surface area contributed by atoms with Gasteiger partial charge in [0, 0.05) is 34.8 Å². The van der Waals surface area contributed by atoms with Crippen molar-refractivity contribution in [3.8, 4) is 17.2 Å². The first-order chi connectivity index (χ1) is 13.4. The molecule has 7 nitrogen and oxygen atoms in total. The van der Waals surface area contributed by atoms with Crippen molar-refractivity contribution < 1.29 is 19.7 Å². The molecule has 5 rings (SSSR count). The number of amides is 1. The monoisotopic (exact) mass is 397 g/mol. The van der Waals surface area contributed by atoms with Crippen molar-refractivity contribution in [1.82, 2.24) is 9.66 Å². The first-order valence-electron chi connectivity index (χ1n) is 9.06. The van der Waals surface area contributed by atoms with E-state index in [4.69, 9.17) is 4.74 Å². The second-order valence-electron chi connectivity index (χ2n) is 7.45. The molecule has 1 amide bonds. The molecular weight excluding hydrogens is 378 g/mol. The molecule has 3 aromatic rings. The van der Waals surface area contributed by atoms with Crippen molar-refractivity contribution in [3.63, 3.8) is 0 Å². The fourth-order valence-electron chi connectivity index (χ4n) is 3.97. The number of aromatic nitrogens is 2. The molecule has 8 heteroatoms. The number of benzene rings is 1. The summed E-state index contributed by atoms with van der Waals surface area (Å²) in [4.78, 5) is 19.1. The molecule has 1 atom stereocenters. The number of nitrogens with zero attached hydrogens (tertiary/aromatic N) is 3. The lowest BCUT2D eigenvalue weighted by molar-refractivity contribution is -0.122. The highest BCUT2D eigenvalue weighted by Gasteiger charge is 2.57. The Balaban J connectivity index is 1.59. The van der Waals surface area contributed by atoms with Crippen LogP contribution in [0.25, 0.3) is 0 Å². The first-order valence-corrected chi connectivity index (χ1v) is 9.87. The third-order valence-electron chi connectivity index (χ3n) is 5.38. The average Bonchev–Trinajstić information content (AvgIpc) is 3.40. The SMILES string of the molecule is CC(C)c1ncc(CN2C(=O)C3(COc4cc(O)c(O)cc43)c3cccn32)s1. The van der Waals surface area contributed by atoms with E-state index in [2.05, 4.69) is 18.8 Å². The fourth-order valence-corrected chi connectivity index (χ4v) is 4.87. The highest BCUT2D eigenvalue weighted by molar-refractivity contribution is 7.11. The molecule has 144 valence electrons. The van der Waals surface area contributed by atoms with Crippen LogP contribution in [0.15, 0.2) is 36.7 Å². The molecule has 2 aliphatic heterocycles. The number of hydrogen-bond acceptors (Lipinski definition) is 6. The van der Waals surface area contributed by atoms with E-state index in [1.165, 1.54) is 12.1 Å². The number of rotatable bonds is 3. The summed E-state index contributed by atoms with van der Waals surface area (Å²) in [5.41, 5.74) is 0.327. The van der Waals surface area contributed by atoms with Crippen LogP contribution in [0.5, 0.6) is 17.2 Å². The Morgan fingerprint density at radius 1 is 1.32 bits per heavy atom. The van der Waals surface area contributed by atoms with Crippen molar-refractivity contribution in [3.05, 3.63) is 57.8 Å². The van der Waals surface area contributed by atoms with Gasteiger partial charge in [-0.05, 0) is 18.2 Å². The maximum Gasteiger partial charge on any atom is 0.262 e. The van der Waals surface area contributed by atoms with Gasteiger partial charge in [0.05, 0.1) is 17.2 Å². The Hall–Kier alpha value is -3.00. The Labute approximate surface area is 165 Å². The molecule has 0 saturated carbocycles. The molecule has 2 aromatic heterocycles. The second-order valence-corrected chi connectivity index (χ2v) is 8.60. The minimum absolute atomic E-state index is 0.119. The fraction of sp³-hybridized carbons (Fsp3) is 0.300. The van der Waals surface area contributed by atoms with Crippen LogP contribution in [0.1, 0.15) is 40.9 Å². The topological polar surface area (TPSA) is 87.8 Å². The van der Waals surface area contributed by atoms with E-state index in [1.807, 2.05) is 29.2 Å². The smallest absolute Gasteiger partial charge is 0.262 e. The van der Waals surface area contributed by atoms with Gasteiger partial charge < -0.3 is 14.9 Å². The van der Waals surface area contributed by atoms with Crippen LogP contribution in [-0.4, -0.2) is 32.4 Å². The maximum atomic E-state index is 13.6. The summed E-state index contributed by atoms with van der Waals surface area (Å²) in [5.74, 6) is 0.105. The van der Waals surface area contributed by atoms with E-state index >= 15 is 0 Å². The van der Waals surface area contributed by atoms with Gasteiger partial charge in [0.25, 0.3) is 5.91 Å². The number of phenols is 2. The summed E-state index contributed by atoms with van der Waals surface area (Å²) in [5, 5.41) is 22.5. The number of thiazole rings is 1. The van der Waals surface area contributed by atoms with Crippen molar-refractivity contribution in [2.24, 2.45) is 0 Å². The van der Waals surface area contributed by atoms with Crippen LogP contribution in [0, 0.1) is 0 Å². The zero-order valence-electron chi connectivity index (χ0n) is 15.4. The average molecular weight is 397 g/mol. The Kier molecular flexibility index (Phi) is 3.51. The number of fused-ring (bicyclic) bond motifs is 4. The predicted molar refractivity (Wildman–Crippen MR) is 104 cm³/mol. The van der Waals surface area contributed by atoms with Gasteiger partial charge in [-0.3, -0.25) is 9.47 Å². The van der Waals surface area contributed by atoms with Crippen LogP contribution in [0.3, 0.4) is 0 Å². The van der Waals surface area contributed by atoms with Crippen LogP contribution < -0.4 is 9.75 Å². The van der Waals surface area contributed by atoms with E-state index in [1.54, 1.807) is 16.3 Å². The lowest BCUT2D eigenvalue weighted by atomic mass is 9.79. The molecule has 1 unspecified atom stereocenters. The van der Waals surface area contributed by atoms with Gasteiger partial charge in [0.15, 0.2) is 16.9 Å². The molecule has 0 aliphatic carbocycles. The lowest BCUT2D eigenvalue weighted by Gasteiger charge is -2.21. The molecule has 0 saturated heterocycles. The number of ether oxygens (including phenoxy) is 1. The highest BCUT2D eigenvalue weighted by atomic mass is 32.1. The summed E-state index contributed by atoms with van der Waals surface area (Å²) in [6.45, 7) is 4.73. The minimum Gasteiger partial charge on any atom is -0.504 e. The number of carbonyl (C=O) groups excluding carboxylic acids is 1. The third kappa shape index (κ3) is 2.15. The molecule has 4 heterocycles. The molecule has 1 spiro atoms. The molecule has 1 aromatic carbocycles. The van der Waals surface area contributed by atoms with Crippen LogP contribution in [0.4, 0.5) is 0 Å². The zero-order chi connectivity index (χ0) is 19.6. The largest absolute Gasteiger partial charge is 0.504 e. The van der Waals surface area contributed by atoms with Gasteiger partial charge in [-0.2, -0.15) is 0 Å².